The Morgan fingerprint density at radius 1 is 1.00 bits per heavy atom. The van der Waals surface area contributed by atoms with Crippen LogP contribution in [-0.2, 0) is 9.59 Å². The number of hydrogen-bond acceptors (Lipinski definition) is 3. The van der Waals surface area contributed by atoms with Crippen LogP contribution in [0, 0.1) is 25.1 Å². The summed E-state index contributed by atoms with van der Waals surface area (Å²) in [6.07, 6.45) is 1.09. The zero-order valence-corrected chi connectivity index (χ0v) is 16.9. The summed E-state index contributed by atoms with van der Waals surface area (Å²) in [5, 5.41) is 2.72. The fourth-order valence-electron chi connectivity index (χ4n) is 4.01. The molecule has 1 aliphatic carbocycles. The van der Waals surface area contributed by atoms with Gasteiger partial charge >= 0.3 is 0 Å². The molecule has 0 spiro atoms. The van der Waals surface area contributed by atoms with E-state index in [0.29, 0.717) is 31.6 Å². The van der Waals surface area contributed by atoms with Gasteiger partial charge in [-0.1, -0.05) is 18.2 Å². The first kappa shape index (κ1) is 19.4. The normalized spacial score (nSPS) is 17.8. The maximum absolute atomic E-state index is 13.4. The third kappa shape index (κ3) is 3.71. The van der Waals surface area contributed by atoms with E-state index >= 15 is 0 Å². The number of nitrogens with zero attached hydrogens (tertiary/aromatic N) is 2. The molecule has 152 valence electrons. The number of benzene rings is 2. The molecule has 0 atom stereocenters. The quantitative estimate of drug-likeness (QED) is 0.806. The van der Waals surface area contributed by atoms with Crippen LogP contribution in [0.5, 0.6) is 0 Å². The molecule has 2 amide bonds. The maximum atomic E-state index is 13.4. The number of carbonyl (C=O) groups excluding carboxylic acids is 2. The number of rotatable bonds is 4. The average molecular weight is 395 g/mol. The van der Waals surface area contributed by atoms with Crippen molar-refractivity contribution in [3.05, 3.63) is 59.4 Å². The molecule has 2 fully saturated rings. The van der Waals surface area contributed by atoms with Gasteiger partial charge in [-0.25, -0.2) is 4.39 Å². The summed E-state index contributed by atoms with van der Waals surface area (Å²) >= 11 is 0. The molecule has 6 heteroatoms. The van der Waals surface area contributed by atoms with Gasteiger partial charge in [0.2, 0.25) is 11.8 Å². The van der Waals surface area contributed by atoms with Crippen molar-refractivity contribution in [2.24, 2.45) is 5.41 Å². The van der Waals surface area contributed by atoms with Crippen molar-refractivity contribution in [3.63, 3.8) is 0 Å². The molecule has 2 aromatic rings. The van der Waals surface area contributed by atoms with E-state index in [1.54, 1.807) is 17.0 Å². The van der Waals surface area contributed by atoms with Gasteiger partial charge in [-0.05, 0) is 62.1 Å². The Morgan fingerprint density at radius 2 is 1.69 bits per heavy atom. The lowest BCUT2D eigenvalue weighted by atomic mass is 10.0. The van der Waals surface area contributed by atoms with E-state index in [1.165, 1.54) is 28.9 Å². The molecular weight excluding hydrogens is 369 g/mol. The minimum Gasteiger partial charge on any atom is -0.368 e. The summed E-state index contributed by atoms with van der Waals surface area (Å²) < 4.78 is 13.4. The lowest BCUT2D eigenvalue weighted by Gasteiger charge is -2.38. The smallest absolute Gasteiger partial charge is 0.240 e. The second-order valence-electron chi connectivity index (χ2n) is 8.04. The zero-order chi connectivity index (χ0) is 20.6. The number of amides is 2. The highest BCUT2D eigenvalue weighted by Crippen LogP contribution is 2.48. The number of anilines is 2. The first-order valence-corrected chi connectivity index (χ1v) is 10.1. The van der Waals surface area contributed by atoms with Crippen LogP contribution in [0.3, 0.4) is 0 Å². The van der Waals surface area contributed by atoms with Gasteiger partial charge in [0, 0.05) is 37.6 Å². The Hall–Kier alpha value is -2.89. The van der Waals surface area contributed by atoms with Crippen molar-refractivity contribution < 1.29 is 14.0 Å². The van der Waals surface area contributed by atoms with Crippen LogP contribution in [0.4, 0.5) is 15.8 Å². The number of aryl methyl sites for hydroxylation is 1. The largest absolute Gasteiger partial charge is 0.368 e. The molecule has 1 heterocycles. The topological polar surface area (TPSA) is 52.7 Å². The monoisotopic (exact) mass is 395 g/mol. The van der Waals surface area contributed by atoms with Crippen LogP contribution >= 0.6 is 0 Å². The minimum atomic E-state index is -0.992. The third-order valence-electron chi connectivity index (χ3n) is 6.16. The molecule has 1 saturated carbocycles. The molecule has 2 aromatic carbocycles. The Bertz CT molecular complexity index is 947. The van der Waals surface area contributed by atoms with Gasteiger partial charge in [0.05, 0.1) is 0 Å². The highest BCUT2D eigenvalue weighted by molar-refractivity contribution is 6.13. The van der Waals surface area contributed by atoms with E-state index in [-0.39, 0.29) is 11.8 Å². The van der Waals surface area contributed by atoms with Gasteiger partial charge in [0.15, 0.2) is 0 Å². The molecule has 1 aliphatic heterocycles. The first-order chi connectivity index (χ1) is 13.9. The highest BCUT2D eigenvalue weighted by Gasteiger charge is 2.58. The van der Waals surface area contributed by atoms with Gasteiger partial charge in [-0.15, -0.1) is 0 Å². The van der Waals surface area contributed by atoms with Crippen molar-refractivity contribution in [3.8, 4) is 0 Å². The average Bonchev–Trinajstić information content (AvgIpc) is 3.52. The summed E-state index contributed by atoms with van der Waals surface area (Å²) in [6.45, 7) is 6.92. The third-order valence-corrected chi connectivity index (χ3v) is 6.16. The van der Waals surface area contributed by atoms with Crippen LogP contribution in [0.25, 0.3) is 0 Å². The lowest BCUT2D eigenvalue weighted by molar-refractivity contribution is -0.142. The van der Waals surface area contributed by atoms with Crippen LogP contribution in [0.2, 0.25) is 0 Å². The van der Waals surface area contributed by atoms with Crippen molar-refractivity contribution in [1.29, 1.82) is 0 Å². The van der Waals surface area contributed by atoms with Crippen LogP contribution in [0.15, 0.2) is 42.5 Å². The van der Waals surface area contributed by atoms with Crippen LogP contribution < -0.4 is 10.2 Å². The molecule has 1 saturated heterocycles. The number of nitrogens with one attached hydrogen (secondary N) is 1. The molecule has 0 bridgehead atoms. The molecular formula is C23H26FN3O2. The summed E-state index contributed by atoms with van der Waals surface area (Å²) in [6, 6.07) is 12.0. The standard InChI is InChI=1S/C23H26FN3O2/c1-16-5-3-8-20(17(16)2)26-11-13-27(14-12-26)22(29)23(9-10-23)21(28)25-19-7-4-6-18(24)15-19/h3-8,15H,9-14H2,1-2H3,(H,25,28). The second-order valence-corrected chi connectivity index (χ2v) is 8.04. The summed E-state index contributed by atoms with van der Waals surface area (Å²) in [5.74, 6) is -0.849. The summed E-state index contributed by atoms with van der Waals surface area (Å²) in [7, 11) is 0. The summed E-state index contributed by atoms with van der Waals surface area (Å²) in [4.78, 5) is 30.0. The molecule has 5 nitrogen and oxygen atoms in total. The number of halogens is 1. The Balaban J connectivity index is 1.40. The van der Waals surface area contributed by atoms with E-state index in [1.807, 2.05) is 0 Å². The first-order valence-electron chi connectivity index (χ1n) is 10.1. The second kappa shape index (κ2) is 7.50. The number of piperazine rings is 1. The van der Waals surface area contributed by atoms with E-state index in [4.69, 9.17) is 0 Å². The zero-order valence-electron chi connectivity index (χ0n) is 16.9. The predicted octanol–water partition coefficient (Wildman–Crippen LogP) is 3.51. The fourth-order valence-corrected chi connectivity index (χ4v) is 4.01. The van der Waals surface area contributed by atoms with Gasteiger partial charge < -0.3 is 15.1 Å². The SMILES string of the molecule is Cc1cccc(N2CCN(C(=O)C3(C(=O)Nc4cccc(F)c4)CC3)CC2)c1C. The van der Waals surface area contributed by atoms with Crippen LogP contribution in [0.1, 0.15) is 24.0 Å². The van der Waals surface area contributed by atoms with Gasteiger partial charge in [0.25, 0.3) is 0 Å². The molecule has 2 aliphatic rings. The summed E-state index contributed by atoms with van der Waals surface area (Å²) in [5.41, 5.74) is 3.12. The van der Waals surface area contributed by atoms with Crippen LogP contribution in [-0.4, -0.2) is 42.9 Å². The molecule has 1 N–H and O–H groups in total. The van der Waals surface area contributed by atoms with Gasteiger partial charge in [-0.2, -0.15) is 0 Å². The molecule has 29 heavy (non-hydrogen) atoms. The Labute approximate surface area is 170 Å². The van der Waals surface area contributed by atoms with Gasteiger partial charge in [0.1, 0.15) is 11.2 Å². The number of hydrogen-bond donors (Lipinski definition) is 1. The van der Waals surface area contributed by atoms with E-state index in [0.717, 1.165) is 13.1 Å². The highest BCUT2D eigenvalue weighted by atomic mass is 19.1. The number of carbonyl (C=O) groups is 2. The van der Waals surface area contributed by atoms with Crippen molar-refractivity contribution in [2.75, 3.05) is 36.4 Å². The fraction of sp³-hybridized carbons (Fsp3) is 0.391. The Morgan fingerprint density at radius 3 is 2.34 bits per heavy atom. The molecule has 0 unspecified atom stereocenters. The van der Waals surface area contributed by atoms with Gasteiger partial charge in [-0.3, -0.25) is 9.59 Å². The molecule has 0 radical (unpaired) electrons. The maximum Gasteiger partial charge on any atom is 0.240 e. The van der Waals surface area contributed by atoms with E-state index in [9.17, 15) is 14.0 Å². The van der Waals surface area contributed by atoms with Crippen molar-refractivity contribution >= 4 is 23.2 Å². The molecule has 4 rings (SSSR count). The van der Waals surface area contributed by atoms with Crippen molar-refractivity contribution in [2.45, 2.75) is 26.7 Å². The van der Waals surface area contributed by atoms with E-state index in [2.05, 4.69) is 42.3 Å². The predicted molar refractivity (Wildman–Crippen MR) is 111 cm³/mol. The van der Waals surface area contributed by atoms with E-state index < -0.39 is 11.2 Å². The Kier molecular flexibility index (Phi) is 5.03. The molecule has 0 aromatic heterocycles. The minimum absolute atomic E-state index is 0.105. The lowest BCUT2D eigenvalue weighted by Crippen LogP contribution is -2.52. The van der Waals surface area contributed by atoms with Crippen molar-refractivity contribution in [1.82, 2.24) is 4.90 Å².